The van der Waals surface area contributed by atoms with E-state index in [2.05, 4.69) is 16.9 Å². The van der Waals surface area contributed by atoms with Crippen molar-refractivity contribution in [1.29, 1.82) is 0 Å². The fourth-order valence-electron chi connectivity index (χ4n) is 3.22. The Morgan fingerprint density at radius 2 is 1.82 bits per heavy atom. The molecule has 10 heteroatoms. The highest BCUT2D eigenvalue weighted by Gasteiger charge is 2.43. The van der Waals surface area contributed by atoms with E-state index in [0.717, 1.165) is 22.8 Å². The SMILES string of the molecule is C[C@@](CCn1cc2cc(C#Cc3ccc([C@H](O)CO)cc3)ccc2n1)(C(=O)NO)S(C)(=O)=O. The maximum atomic E-state index is 12.1. The Bertz CT molecular complexity index is 1320. The number of nitrogens with zero attached hydrogens (tertiary/aromatic N) is 2. The lowest BCUT2D eigenvalue weighted by Gasteiger charge is -2.24. The molecule has 0 unspecified atom stereocenters. The number of aliphatic hydroxyl groups excluding tert-OH is 2. The van der Waals surface area contributed by atoms with Gasteiger partial charge in [-0.3, -0.25) is 14.7 Å². The highest BCUT2D eigenvalue weighted by Crippen LogP contribution is 2.23. The third-order valence-corrected chi connectivity index (χ3v) is 7.62. The lowest BCUT2D eigenvalue weighted by Crippen LogP contribution is -2.49. The molecular formula is C23H25N3O6S. The molecule has 174 valence electrons. The summed E-state index contributed by atoms with van der Waals surface area (Å²) in [6.07, 6.45) is 1.71. The average Bonchev–Trinajstić information content (AvgIpc) is 3.21. The Kier molecular flexibility index (Phi) is 7.19. The van der Waals surface area contributed by atoms with E-state index in [-0.39, 0.29) is 19.6 Å². The van der Waals surface area contributed by atoms with Crippen molar-refractivity contribution in [2.45, 2.75) is 30.7 Å². The fourth-order valence-corrected chi connectivity index (χ4v) is 4.07. The first-order valence-electron chi connectivity index (χ1n) is 10.1. The average molecular weight is 472 g/mol. The van der Waals surface area contributed by atoms with Crippen molar-refractivity contribution in [3.63, 3.8) is 0 Å². The van der Waals surface area contributed by atoms with E-state index in [9.17, 15) is 18.3 Å². The van der Waals surface area contributed by atoms with E-state index in [1.807, 2.05) is 12.1 Å². The Balaban J connectivity index is 1.77. The number of nitrogens with one attached hydrogen (secondary N) is 1. The van der Waals surface area contributed by atoms with Crippen molar-refractivity contribution < 1.29 is 28.6 Å². The van der Waals surface area contributed by atoms with Crippen LogP contribution < -0.4 is 5.48 Å². The first-order chi connectivity index (χ1) is 15.6. The van der Waals surface area contributed by atoms with Crippen LogP contribution in [0.5, 0.6) is 0 Å². The molecule has 0 saturated heterocycles. The minimum absolute atomic E-state index is 0.0696. The normalized spacial score (nSPS) is 14.2. The Labute approximate surface area is 191 Å². The van der Waals surface area contributed by atoms with E-state index in [0.29, 0.717) is 11.1 Å². The van der Waals surface area contributed by atoms with Crippen molar-refractivity contribution in [1.82, 2.24) is 15.3 Å². The zero-order chi connectivity index (χ0) is 24.2. The third-order valence-electron chi connectivity index (χ3n) is 5.59. The smallest absolute Gasteiger partial charge is 0.264 e. The number of aromatic nitrogens is 2. The highest BCUT2D eigenvalue weighted by molar-refractivity contribution is 7.92. The maximum absolute atomic E-state index is 12.1. The molecular weight excluding hydrogens is 446 g/mol. The standard InChI is InChI=1S/C23H25N3O6S/c1-23(22(29)25-30,33(2,31)32)11-12-26-14-19-13-17(7-10-20(19)24-26)4-3-16-5-8-18(9-6-16)21(28)15-27/h5-10,13-14,21,27-28,30H,11-12,15H2,1-2H3,(H,25,29)/t21-,23-/m1/s1. The van der Waals surface area contributed by atoms with Crippen LogP contribution in [0.1, 0.15) is 36.1 Å². The summed E-state index contributed by atoms with van der Waals surface area (Å²) in [6, 6.07) is 12.4. The van der Waals surface area contributed by atoms with Gasteiger partial charge < -0.3 is 10.2 Å². The van der Waals surface area contributed by atoms with Gasteiger partial charge in [0.2, 0.25) is 0 Å². The van der Waals surface area contributed by atoms with E-state index in [1.165, 1.54) is 12.4 Å². The number of carbonyl (C=O) groups is 1. The molecule has 0 aliphatic rings. The van der Waals surface area contributed by atoms with Crippen LogP contribution >= 0.6 is 0 Å². The quantitative estimate of drug-likeness (QED) is 0.230. The molecule has 0 bridgehead atoms. The van der Waals surface area contributed by atoms with Crippen molar-refractivity contribution >= 4 is 26.6 Å². The number of hydrogen-bond acceptors (Lipinski definition) is 7. The molecule has 1 aromatic heterocycles. The van der Waals surface area contributed by atoms with Gasteiger partial charge in [0.15, 0.2) is 14.6 Å². The largest absolute Gasteiger partial charge is 0.393 e. The molecule has 3 aromatic rings. The second-order valence-corrected chi connectivity index (χ2v) is 10.4. The van der Waals surface area contributed by atoms with Crippen molar-refractivity contribution in [3.05, 3.63) is 65.4 Å². The predicted octanol–water partition coefficient (Wildman–Crippen LogP) is 1.16. The number of sulfone groups is 1. The number of benzene rings is 2. The number of aryl methyl sites for hydroxylation is 1. The summed E-state index contributed by atoms with van der Waals surface area (Å²) >= 11 is 0. The molecule has 1 amide bonds. The van der Waals surface area contributed by atoms with E-state index in [1.54, 1.807) is 41.2 Å². The molecule has 1 heterocycles. The number of amides is 1. The number of carbonyl (C=O) groups excluding carboxylic acids is 1. The predicted molar refractivity (Wildman–Crippen MR) is 122 cm³/mol. The van der Waals surface area contributed by atoms with Crippen LogP contribution in [0.2, 0.25) is 0 Å². The van der Waals surface area contributed by atoms with Gasteiger partial charge in [-0.15, -0.1) is 0 Å². The first-order valence-corrected chi connectivity index (χ1v) is 12.0. The van der Waals surface area contributed by atoms with Gasteiger partial charge in [0.25, 0.3) is 5.91 Å². The zero-order valence-corrected chi connectivity index (χ0v) is 19.0. The van der Waals surface area contributed by atoms with Crippen LogP contribution in [0.3, 0.4) is 0 Å². The zero-order valence-electron chi connectivity index (χ0n) is 18.2. The molecule has 33 heavy (non-hydrogen) atoms. The molecule has 2 aromatic carbocycles. The minimum atomic E-state index is -3.78. The summed E-state index contributed by atoms with van der Waals surface area (Å²) in [5.74, 6) is 5.12. The number of fused-ring (bicyclic) bond motifs is 1. The van der Waals surface area contributed by atoms with Crippen LogP contribution in [0.25, 0.3) is 10.9 Å². The molecule has 2 atom stereocenters. The molecule has 0 fully saturated rings. The molecule has 3 rings (SSSR count). The van der Waals surface area contributed by atoms with E-state index < -0.39 is 26.6 Å². The minimum Gasteiger partial charge on any atom is -0.393 e. The molecule has 0 aliphatic carbocycles. The molecule has 0 radical (unpaired) electrons. The summed E-state index contributed by atoms with van der Waals surface area (Å²) in [5.41, 5.74) is 4.24. The van der Waals surface area contributed by atoms with Crippen molar-refractivity contribution in [3.8, 4) is 11.8 Å². The van der Waals surface area contributed by atoms with Crippen LogP contribution in [-0.4, -0.2) is 57.1 Å². The van der Waals surface area contributed by atoms with Gasteiger partial charge in [0, 0.05) is 35.5 Å². The lowest BCUT2D eigenvalue weighted by molar-refractivity contribution is -0.131. The lowest BCUT2D eigenvalue weighted by atomic mass is 10.1. The van der Waals surface area contributed by atoms with Gasteiger partial charge >= 0.3 is 0 Å². The van der Waals surface area contributed by atoms with E-state index >= 15 is 0 Å². The van der Waals surface area contributed by atoms with Crippen LogP contribution in [0, 0.1) is 11.8 Å². The Morgan fingerprint density at radius 3 is 2.42 bits per heavy atom. The van der Waals surface area contributed by atoms with Gasteiger partial charge in [-0.2, -0.15) is 5.10 Å². The third kappa shape index (κ3) is 5.40. The summed E-state index contributed by atoms with van der Waals surface area (Å²) in [4.78, 5) is 12.0. The van der Waals surface area contributed by atoms with Crippen LogP contribution in [-0.2, 0) is 21.2 Å². The summed E-state index contributed by atoms with van der Waals surface area (Å²) in [7, 11) is -3.78. The number of hydroxylamine groups is 1. The highest BCUT2D eigenvalue weighted by atomic mass is 32.2. The van der Waals surface area contributed by atoms with Gasteiger partial charge in [0.05, 0.1) is 12.1 Å². The molecule has 0 saturated carbocycles. The first kappa shape index (κ1) is 24.4. The number of hydrogen-bond donors (Lipinski definition) is 4. The molecule has 4 N–H and O–H groups in total. The second-order valence-electron chi connectivity index (χ2n) is 7.93. The molecule has 9 nitrogen and oxygen atoms in total. The Hall–Kier alpha value is -3.23. The summed E-state index contributed by atoms with van der Waals surface area (Å²) < 4.78 is 24.0. The molecule has 0 spiro atoms. The fraction of sp³-hybridized carbons (Fsp3) is 0.304. The van der Waals surface area contributed by atoms with Crippen LogP contribution in [0.15, 0.2) is 48.7 Å². The van der Waals surface area contributed by atoms with Crippen molar-refractivity contribution in [2.75, 3.05) is 12.9 Å². The van der Waals surface area contributed by atoms with Gasteiger partial charge in [0.1, 0.15) is 6.10 Å². The Morgan fingerprint density at radius 1 is 1.18 bits per heavy atom. The van der Waals surface area contributed by atoms with E-state index in [4.69, 9.17) is 10.3 Å². The van der Waals surface area contributed by atoms with Gasteiger partial charge in [-0.1, -0.05) is 24.0 Å². The van der Waals surface area contributed by atoms with Crippen LogP contribution in [0.4, 0.5) is 0 Å². The topological polar surface area (TPSA) is 142 Å². The monoisotopic (exact) mass is 471 g/mol. The number of aliphatic hydroxyl groups is 2. The summed E-state index contributed by atoms with van der Waals surface area (Å²) in [5, 5.41) is 32.8. The maximum Gasteiger partial charge on any atom is 0.264 e. The number of rotatable bonds is 7. The van der Waals surface area contributed by atoms with Gasteiger partial charge in [-0.05, 0) is 49.2 Å². The molecule has 0 aliphatic heterocycles. The van der Waals surface area contributed by atoms with Crippen molar-refractivity contribution in [2.24, 2.45) is 0 Å². The van der Waals surface area contributed by atoms with Gasteiger partial charge in [-0.25, -0.2) is 13.9 Å². The summed E-state index contributed by atoms with van der Waals surface area (Å²) in [6.45, 7) is 1.07. The second kappa shape index (κ2) is 9.72.